The summed E-state index contributed by atoms with van der Waals surface area (Å²) in [5.41, 5.74) is 2.89. The van der Waals surface area contributed by atoms with Crippen LogP contribution in [0.1, 0.15) is 11.1 Å². The second-order valence-corrected chi connectivity index (χ2v) is 5.22. The molecule has 0 amide bonds. The maximum absolute atomic E-state index is 11.2. The molecule has 2 aromatic carbocycles. The average molecular weight is 377 g/mol. The van der Waals surface area contributed by atoms with E-state index in [2.05, 4.69) is 0 Å². The zero-order valence-corrected chi connectivity index (χ0v) is 13.7. The van der Waals surface area contributed by atoms with Crippen LogP contribution in [0.4, 0.5) is 11.4 Å². The van der Waals surface area contributed by atoms with Crippen LogP contribution >= 0.6 is 0 Å². The van der Waals surface area contributed by atoms with Gasteiger partial charge >= 0.3 is 5.69 Å². The van der Waals surface area contributed by atoms with Gasteiger partial charge in [-0.15, -0.1) is 0 Å². The van der Waals surface area contributed by atoms with E-state index in [4.69, 9.17) is 9.47 Å². The highest BCUT2D eigenvalue weighted by atomic mass is 79.9. The molecule has 2 aliphatic rings. The summed E-state index contributed by atoms with van der Waals surface area (Å²) in [5.74, 6) is 1.49. The Morgan fingerprint density at radius 1 is 1.13 bits per heavy atom. The summed E-state index contributed by atoms with van der Waals surface area (Å²) < 4.78 is 12.7. The lowest BCUT2D eigenvalue weighted by molar-refractivity contribution is -0.454. The van der Waals surface area contributed by atoms with Gasteiger partial charge < -0.3 is 26.5 Å². The molecule has 6 nitrogen and oxygen atoms in total. The van der Waals surface area contributed by atoms with E-state index < -0.39 is 0 Å². The molecule has 7 heteroatoms. The molecule has 0 N–H and O–H groups in total. The molecule has 0 atom stereocenters. The van der Waals surface area contributed by atoms with Gasteiger partial charge in [0.15, 0.2) is 24.3 Å². The van der Waals surface area contributed by atoms with Crippen molar-refractivity contribution in [2.24, 2.45) is 0 Å². The van der Waals surface area contributed by atoms with Crippen LogP contribution in [-0.4, -0.2) is 29.1 Å². The third-order valence-electron chi connectivity index (χ3n) is 3.94. The molecule has 0 aliphatic carbocycles. The van der Waals surface area contributed by atoms with Gasteiger partial charge in [0.05, 0.1) is 4.92 Å². The molecule has 0 unspecified atom stereocenters. The summed E-state index contributed by atoms with van der Waals surface area (Å²) in [6.07, 6.45) is 2.73. The Morgan fingerprint density at radius 3 is 2.65 bits per heavy atom. The summed E-state index contributed by atoms with van der Waals surface area (Å²) in [6.45, 7) is 0.934. The smallest absolute Gasteiger partial charge is 0.339 e. The second kappa shape index (κ2) is 6.00. The summed E-state index contributed by atoms with van der Waals surface area (Å²) >= 11 is 0. The van der Waals surface area contributed by atoms with Crippen molar-refractivity contribution in [3.63, 3.8) is 0 Å². The van der Waals surface area contributed by atoms with Gasteiger partial charge in [0.25, 0.3) is 5.69 Å². The van der Waals surface area contributed by atoms with Gasteiger partial charge in [-0.05, 0) is 17.7 Å². The molecule has 0 spiro atoms. The number of nitro groups is 1. The van der Waals surface area contributed by atoms with Crippen molar-refractivity contribution in [1.29, 1.82) is 0 Å². The second-order valence-electron chi connectivity index (χ2n) is 5.22. The topological polar surface area (TPSA) is 64.6 Å². The van der Waals surface area contributed by atoms with Crippen molar-refractivity contribution in [1.82, 2.24) is 0 Å². The first-order valence-corrected chi connectivity index (χ1v) is 7.00. The van der Waals surface area contributed by atoms with Crippen LogP contribution in [0.3, 0.4) is 0 Å². The van der Waals surface area contributed by atoms with E-state index in [-0.39, 0.29) is 34.4 Å². The molecule has 4 rings (SSSR count). The SMILES string of the molecule is O=[N+]([O-])c1ccccc1[N+]1=Cc2cc3c(cc2CC1)OCO3.[Br-]. The van der Waals surface area contributed by atoms with E-state index in [9.17, 15) is 10.1 Å². The average Bonchev–Trinajstić information content (AvgIpc) is 2.99. The standard InChI is InChI=1S/C16H13N2O4.BrH/c19-18(20)14-4-2-1-3-13(14)17-6-5-11-7-15-16(22-10-21-15)8-12(11)9-17;/h1-4,7-9H,5-6,10H2;1H/q+1;/p-1. The van der Waals surface area contributed by atoms with Crippen molar-refractivity contribution in [2.45, 2.75) is 6.42 Å². The number of nitrogens with zero attached hydrogens (tertiary/aromatic N) is 2. The molecule has 0 fully saturated rings. The lowest BCUT2D eigenvalue weighted by Gasteiger charge is -2.12. The van der Waals surface area contributed by atoms with Crippen LogP contribution in [0.2, 0.25) is 0 Å². The number of para-hydroxylation sites is 2. The molecule has 2 aromatic rings. The first-order chi connectivity index (χ1) is 10.7. The quantitative estimate of drug-likeness (QED) is 0.408. The Labute approximate surface area is 142 Å². The van der Waals surface area contributed by atoms with Crippen LogP contribution in [-0.2, 0) is 6.42 Å². The molecule has 0 bridgehead atoms. The van der Waals surface area contributed by atoms with E-state index in [1.165, 1.54) is 11.6 Å². The summed E-state index contributed by atoms with van der Waals surface area (Å²) in [7, 11) is 0. The molecular formula is C16H13BrN2O4. The monoisotopic (exact) mass is 376 g/mol. The van der Waals surface area contributed by atoms with E-state index >= 15 is 0 Å². The summed E-state index contributed by atoms with van der Waals surface area (Å²) in [4.78, 5) is 10.8. The summed E-state index contributed by atoms with van der Waals surface area (Å²) in [6, 6.07) is 10.7. The molecule has 0 saturated carbocycles. The number of hydrogen-bond donors (Lipinski definition) is 0. The summed E-state index contributed by atoms with van der Waals surface area (Å²) in [5, 5.41) is 11.2. The predicted octanol–water partition coefficient (Wildman–Crippen LogP) is -0.353. The van der Waals surface area contributed by atoms with Gasteiger partial charge in [0, 0.05) is 24.1 Å². The van der Waals surface area contributed by atoms with E-state index in [1.54, 1.807) is 12.1 Å². The Balaban J connectivity index is 0.00000156. The van der Waals surface area contributed by atoms with Crippen molar-refractivity contribution >= 4 is 17.6 Å². The Kier molecular flexibility index (Phi) is 4.04. The fourth-order valence-corrected chi connectivity index (χ4v) is 2.86. The van der Waals surface area contributed by atoms with Crippen molar-refractivity contribution in [3.8, 4) is 11.5 Å². The maximum Gasteiger partial charge on any atom is 0.339 e. The molecular weight excluding hydrogens is 364 g/mol. The minimum absolute atomic E-state index is 0. The molecule has 0 radical (unpaired) electrons. The minimum atomic E-state index is -0.349. The molecule has 118 valence electrons. The van der Waals surface area contributed by atoms with Crippen LogP contribution in [0.5, 0.6) is 11.5 Å². The minimum Gasteiger partial charge on any atom is -1.00 e. The van der Waals surface area contributed by atoms with Crippen molar-refractivity contribution in [3.05, 3.63) is 57.6 Å². The number of fused-ring (bicyclic) bond motifs is 2. The normalized spacial score (nSPS) is 14.5. The number of benzene rings is 2. The highest BCUT2D eigenvalue weighted by molar-refractivity contribution is 5.82. The zero-order valence-electron chi connectivity index (χ0n) is 12.1. The number of halogens is 1. The number of nitro benzene ring substituents is 1. The Morgan fingerprint density at radius 2 is 1.87 bits per heavy atom. The van der Waals surface area contributed by atoms with Crippen molar-refractivity contribution in [2.75, 3.05) is 13.3 Å². The van der Waals surface area contributed by atoms with Crippen molar-refractivity contribution < 1.29 is 36.0 Å². The fraction of sp³-hybridized carbons (Fsp3) is 0.188. The molecule has 0 aromatic heterocycles. The molecule has 2 heterocycles. The Hall–Kier alpha value is -2.41. The van der Waals surface area contributed by atoms with Gasteiger partial charge in [-0.2, -0.15) is 4.58 Å². The molecule has 2 aliphatic heterocycles. The molecule has 0 saturated heterocycles. The largest absolute Gasteiger partial charge is 1.00 e. The first-order valence-electron chi connectivity index (χ1n) is 7.00. The number of hydrogen-bond acceptors (Lipinski definition) is 4. The lowest BCUT2D eigenvalue weighted by atomic mass is 10.0. The highest BCUT2D eigenvalue weighted by Crippen LogP contribution is 2.36. The van der Waals surface area contributed by atoms with E-state index in [0.717, 1.165) is 23.5 Å². The fourth-order valence-electron chi connectivity index (χ4n) is 2.86. The number of rotatable bonds is 2. The first kappa shape index (κ1) is 15.5. The van der Waals surface area contributed by atoms with Gasteiger partial charge in [0.2, 0.25) is 6.79 Å². The zero-order chi connectivity index (χ0) is 15.1. The third-order valence-corrected chi connectivity index (χ3v) is 3.94. The number of ether oxygens (including phenoxy) is 2. The molecule has 23 heavy (non-hydrogen) atoms. The van der Waals surface area contributed by atoms with E-state index in [0.29, 0.717) is 12.2 Å². The van der Waals surface area contributed by atoms with Crippen LogP contribution in [0, 0.1) is 10.1 Å². The maximum atomic E-state index is 11.2. The van der Waals surface area contributed by atoms with Gasteiger partial charge in [-0.25, -0.2) is 0 Å². The van der Waals surface area contributed by atoms with Crippen LogP contribution in [0.25, 0.3) is 0 Å². The van der Waals surface area contributed by atoms with E-state index in [1.807, 2.05) is 29.0 Å². The Bertz CT molecular complexity index is 820. The van der Waals surface area contributed by atoms with Gasteiger partial charge in [0.1, 0.15) is 0 Å². The van der Waals surface area contributed by atoms with Gasteiger partial charge in [-0.3, -0.25) is 10.1 Å². The van der Waals surface area contributed by atoms with Crippen LogP contribution in [0.15, 0.2) is 36.4 Å². The predicted molar refractivity (Wildman–Crippen MR) is 79.3 cm³/mol. The highest BCUT2D eigenvalue weighted by Gasteiger charge is 2.27. The van der Waals surface area contributed by atoms with Gasteiger partial charge in [-0.1, -0.05) is 12.1 Å². The lowest BCUT2D eigenvalue weighted by Crippen LogP contribution is -3.00. The third kappa shape index (κ3) is 2.68. The van der Waals surface area contributed by atoms with Crippen LogP contribution < -0.4 is 26.5 Å².